The SMILES string of the molecule is N#C[C@H](C(=O)NC1CCCC1)C(=O)[C@@H]1COc2ccc(Br)cc21. The summed E-state index contributed by atoms with van der Waals surface area (Å²) in [7, 11) is 0. The average Bonchev–Trinajstić information content (AvgIpc) is 3.16. The van der Waals surface area contributed by atoms with E-state index in [0.717, 1.165) is 35.7 Å². The maximum atomic E-state index is 12.7. The lowest BCUT2D eigenvalue weighted by atomic mass is 9.88. The molecular weight excluding hydrogens is 360 g/mol. The molecule has 1 aromatic rings. The molecule has 1 fully saturated rings. The average molecular weight is 377 g/mol. The minimum absolute atomic E-state index is 0.0902. The number of fused-ring (bicyclic) bond motifs is 1. The second-order valence-electron chi connectivity index (χ2n) is 6.00. The number of hydrogen-bond donors (Lipinski definition) is 1. The molecule has 1 heterocycles. The highest BCUT2D eigenvalue weighted by molar-refractivity contribution is 9.10. The molecule has 0 radical (unpaired) electrons. The maximum absolute atomic E-state index is 12.7. The van der Waals surface area contributed by atoms with Crippen molar-refractivity contribution in [3.05, 3.63) is 28.2 Å². The van der Waals surface area contributed by atoms with Gasteiger partial charge in [-0.15, -0.1) is 0 Å². The van der Waals surface area contributed by atoms with Crippen LogP contribution in [0.15, 0.2) is 22.7 Å². The summed E-state index contributed by atoms with van der Waals surface area (Å²) in [5, 5.41) is 12.2. The number of carbonyl (C=O) groups is 2. The van der Waals surface area contributed by atoms with E-state index < -0.39 is 17.7 Å². The number of halogens is 1. The summed E-state index contributed by atoms with van der Waals surface area (Å²) in [5.41, 5.74) is 0.735. The first-order valence-corrected chi connectivity index (χ1v) is 8.55. The van der Waals surface area contributed by atoms with Gasteiger partial charge in [-0.2, -0.15) is 5.26 Å². The number of nitriles is 1. The summed E-state index contributed by atoms with van der Waals surface area (Å²) < 4.78 is 6.35. The molecule has 0 saturated heterocycles. The van der Waals surface area contributed by atoms with Gasteiger partial charge in [-0.1, -0.05) is 28.8 Å². The predicted octanol–water partition coefficient (Wildman–Crippen LogP) is 2.69. The number of carbonyl (C=O) groups excluding carboxylic acids is 2. The number of ketones is 1. The normalized spacial score (nSPS) is 21.1. The van der Waals surface area contributed by atoms with Crippen LogP contribution in [0.2, 0.25) is 0 Å². The Hall–Kier alpha value is -1.87. The lowest BCUT2D eigenvalue weighted by Crippen LogP contribution is -2.41. The van der Waals surface area contributed by atoms with E-state index in [9.17, 15) is 14.9 Å². The molecule has 0 unspecified atom stereocenters. The Morgan fingerprint density at radius 3 is 2.78 bits per heavy atom. The van der Waals surface area contributed by atoms with Crippen LogP contribution < -0.4 is 10.1 Å². The summed E-state index contributed by atoms with van der Waals surface area (Å²) in [6.45, 7) is 0.180. The number of amides is 1. The zero-order chi connectivity index (χ0) is 16.4. The first kappa shape index (κ1) is 16.0. The Morgan fingerprint density at radius 2 is 2.09 bits per heavy atom. The molecular formula is C17H17BrN2O3. The number of ether oxygens (including phenoxy) is 1. The molecule has 3 rings (SSSR count). The fourth-order valence-corrected chi connectivity index (χ4v) is 3.61. The zero-order valence-electron chi connectivity index (χ0n) is 12.5. The van der Waals surface area contributed by atoms with Crippen molar-refractivity contribution in [2.75, 3.05) is 6.61 Å². The number of nitrogens with one attached hydrogen (secondary N) is 1. The van der Waals surface area contributed by atoms with Gasteiger partial charge in [0.2, 0.25) is 5.91 Å². The first-order chi connectivity index (χ1) is 11.1. The lowest BCUT2D eigenvalue weighted by Gasteiger charge is -2.16. The summed E-state index contributed by atoms with van der Waals surface area (Å²) in [6.07, 6.45) is 3.99. The second kappa shape index (κ2) is 6.71. The summed E-state index contributed by atoms with van der Waals surface area (Å²) in [5.74, 6) is -2.08. The van der Waals surface area contributed by atoms with Crippen molar-refractivity contribution in [3.63, 3.8) is 0 Å². The Morgan fingerprint density at radius 1 is 1.35 bits per heavy atom. The first-order valence-electron chi connectivity index (χ1n) is 7.76. The van der Waals surface area contributed by atoms with Gasteiger partial charge >= 0.3 is 0 Å². The van der Waals surface area contributed by atoms with Crippen LogP contribution in [0.4, 0.5) is 0 Å². The van der Waals surface area contributed by atoms with Crippen LogP contribution in [0.25, 0.3) is 0 Å². The highest BCUT2D eigenvalue weighted by Gasteiger charge is 2.38. The van der Waals surface area contributed by atoms with E-state index in [-0.39, 0.29) is 18.4 Å². The van der Waals surface area contributed by atoms with Crippen molar-refractivity contribution in [1.82, 2.24) is 5.32 Å². The van der Waals surface area contributed by atoms with Crippen LogP contribution in [0, 0.1) is 17.2 Å². The van der Waals surface area contributed by atoms with Crippen molar-refractivity contribution < 1.29 is 14.3 Å². The summed E-state index contributed by atoms with van der Waals surface area (Å²) in [6, 6.07) is 7.39. The molecule has 0 aromatic heterocycles. The molecule has 1 N–H and O–H groups in total. The van der Waals surface area contributed by atoms with Crippen LogP contribution in [0.1, 0.15) is 37.2 Å². The Bertz CT molecular complexity index is 677. The van der Waals surface area contributed by atoms with Crippen molar-refractivity contribution in [3.8, 4) is 11.8 Å². The molecule has 120 valence electrons. The van der Waals surface area contributed by atoms with Gasteiger partial charge in [-0.05, 0) is 31.0 Å². The molecule has 23 heavy (non-hydrogen) atoms. The fourth-order valence-electron chi connectivity index (χ4n) is 3.23. The number of rotatable bonds is 4. The highest BCUT2D eigenvalue weighted by Crippen LogP contribution is 2.37. The lowest BCUT2D eigenvalue weighted by molar-refractivity contribution is -0.133. The van der Waals surface area contributed by atoms with E-state index in [4.69, 9.17) is 4.74 Å². The molecule has 1 saturated carbocycles. The molecule has 2 aliphatic rings. The van der Waals surface area contributed by atoms with Gasteiger partial charge in [0.05, 0.1) is 12.0 Å². The van der Waals surface area contributed by atoms with E-state index in [1.807, 2.05) is 18.2 Å². The van der Waals surface area contributed by atoms with Crippen molar-refractivity contribution in [1.29, 1.82) is 5.26 Å². The molecule has 1 aliphatic heterocycles. The third-order valence-electron chi connectivity index (χ3n) is 4.47. The van der Waals surface area contributed by atoms with Gasteiger partial charge in [0.15, 0.2) is 11.7 Å². The number of Topliss-reactive ketones (excluding diaryl/α,β-unsaturated/α-hetero) is 1. The van der Waals surface area contributed by atoms with Gasteiger partial charge in [-0.3, -0.25) is 9.59 Å². The zero-order valence-corrected chi connectivity index (χ0v) is 14.1. The Kier molecular flexibility index (Phi) is 4.67. The minimum atomic E-state index is -1.28. The number of hydrogen-bond acceptors (Lipinski definition) is 4. The predicted molar refractivity (Wildman–Crippen MR) is 86.9 cm³/mol. The molecule has 1 amide bonds. The summed E-state index contributed by atoms with van der Waals surface area (Å²) >= 11 is 3.37. The van der Waals surface area contributed by atoms with Crippen LogP contribution >= 0.6 is 15.9 Å². The number of benzene rings is 1. The van der Waals surface area contributed by atoms with E-state index in [2.05, 4.69) is 21.2 Å². The van der Waals surface area contributed by atoms with Gasteiger partial charge in [-0.25, -0.2) is 0 Å². The van der Waals surface area contributed by atoms with Crippen molar-refractivity contribution in [2.45, 2.75) is 37.6 Å². The monoisotopic (exact) mass is 376 g/mol. The topological polar surface area (TPSA) is 79.2 Å². The molecule has 2 atom stereocenters. The molecule has 1 aromatic carbocycles. The molecule has 0 spiro atoms. The van der Waals surface area contributed by atoms with Gasteiger partial charge in [0.1, 0.15) is 12.4 Å². The Balaban J connectivity index is 1.75. The standard InChI is InChI=1S/C17H17BrN2O3/c18-10-5-6-15-12(7-10)14(9-23-15)16(21)13(8-19)17(22)20-11-3-1-2-4-11/h5-7,11,13-14H,1-4,9H2,(H,20,22)/t13-,14+/m0/s1. The van der Waals surface area contributed by atoms with E-state index in [1.54, 1.807) is 6.07 Å². The quantitative estimate of drug-likeness (QED) is 0.819. The third-order valence-corrected chi connectivity index (χ3v) is 4.97. The van der Waals surface area contributed by atoms with Gasteiger partial charge in [0, 0.05) is 16.1 Å². The Labute approximate surface area is 143 Å². The van der Waals surface area contributed by atoms with E-state index in [0.29, 0.717) is 5.75 Å². The molecule has 6 heteroatoms. The van der Waals surface area contributed by atoms with Crippen LogP contribution in [-0.4, -0.2) is 24.3 Å². The third kappa shape index (κ3) is 3.25. The summed E-state index contributed by atoms with van der Waals surface area (Å²) in [4.78, 5) is 25.0. The number of nitrogens with zero attached hydrogens (tertiary/aromatic N) is 1. The van der Waals surface area contributed by atoms with E-state index >= 15 is 0 Å². The van der Waals surface area contributed by atoms with E-state index in [1.165, 1.54) is 0 Å². The van der Waals surface area contributed by atoms with Crippen LogP contribution in [0.5, 0.6) is 5.75 Å². The van der Waals surface area contributed by atoms with Crippen LogP contribution in [0.3, 0.4) is 0 Å². The van der Waals surface area contributed by atoms with Gasteiger partial charge in [0.25, 0.3) is 0 Å². The fraction of sp³-hybridized carbons (Fsp3) is 0.471. The molecule has 5 nitrogen and oxygen atoms in total. The van der Waals surface area contributed by atoms with Gasteiger partial charge < -0.3 is 10.1 Å². The van der Waals surface area contributed by atoms with Crippen LogP contribution in [-0.2, 0) is 9.59 Å². The smallest absolute Gasteiger partial charge is 0.245 e. The second-order valence-corrected chi connectivity index (χ2v) is 6.92. The minimum Gasteiger partial charge on any atom is -0.492 e. The molecule has 1 aliphatic carbocycles. The largest absolute Gasteiger partial charge is 0.492 e. The molecule has 0 bridgehead atoms. The van der Waals surface area contributed by atoms with Crippen molar-refractivity contribution >= 4 is 27.6 Å². The van der Waals surface area contributed by atoms with Crippen molar-refractivity contribution in [2.24, 2.45) is 5.92 Å². The maximum Gasteiger partial charge on any atom is 0.245 e. The highest BCUT2D eigenvalue weighted by atomic mass is 79.9.